The van der Waals surface area contributed by atoms with Crippen molar-refractivity contribution in [1.82, 2.24) is 4.98 Å². The van der Waals surface area contributed by atoms with Gasteiger partial charge in [0.25, 0.3) is 5.91 Å². The van der Waals surface area contributed by atoms with E-state index in [0.29, 0.717) is 11.3 Å². The maximum absolute atomic E-state index is 13.5. The van der Waals surface area contributed by atoms with Crippen LogP contribution in [0.25, 0.3) is 0 Å². The lowest BCUT2D eigenvalue weighted by Crippen LogP contribution is -2.16. The number of amides is 2. The second kappa shape index (κ2) is 5.66. The van der Waals surface area contributed by atoms with E-state index in [9.17, 15) is 18.4 Å². The van der Waals surface area contributed by atoms with E-state index in [2.05, 4.69) is 10.3 Å². The van der Waals surface area contributed by atoms with Gasteiger partial charge in [-0.25, -0.2) is 9.37 Å². The van der Waals surface area contributed by atoms with Crippen molar-refractivity contribution in [2.45, 2.75) is 6.92 Å². The van der Waals surface area contributed by atoms with E-state index in [1.807, 2.05) is 0 Å². The fourth-order valence-corrected chi connectivity index (χ4v) is 1.74. The molecule has 0 bridgehead atoms. The van der Waals surface area contributed by atoms with Crippen LogP contribution in [0.1, 0.15) is 26.3 Å². The molecule has 0 aliphatic carbocycles. The van der Waals surface area contributed by atoms with Crippen LogP contribution in [0.4, 0.5) is 14.5 Å². The number of nitrogens with zero attached hydrogens (tertiary/aromatic N) is 1. The zero-order chi connectivity index (χ0) is 15.6. The van der Waals surface area contributed by atoms with Crippen LogP contribution in [0.15, 0.2) is 30.5 Å². The third kappa shape index (κ3) is 3.02. The number of hydrogen-bond acceptors (Lipinski definition) is 3. The molecule has 2 amide bonds. The number of halogens is 2. The van der Waals surface area contributed by atoms with E-state index >= 15 is 0 Å². The van der Waals surface area contributed by atoms with Crippen molar-refractivity contribution in [1.29, 1.82) is 0 Å². The Kier molecular flexibility index (Phi) is 3.93. The third-order valence-corrected chi connectivity index (χ3v) is 2.85. The molecule has 108 valence electrons. The first-order valence-corrected chi connectivity index (χ1v) is 5.92. The number of nitrogens with two attached hydrogens (primary N) is 1. The van der Waals surface area contributed by atoms with Crippen LogP contribution >= 0.6 is 0 Å². The van der Waals surface area contributed by atoms with Crippen LogP contribution in [0.5, 0.6) is 0 Å². The SMILES string of the molecule is Cc1cc(C(N)=O)ccc1NC(=O)c1ccnc(F)c1F. The molecule has 0 unspecified atom stereocenters. The first-order valence-electron chi connectivity index (χ1n) is 5.92. The maximum Gasteiger partial charge on any atom is 0.258 e. The molecule has 0 fully saturated rings. The van der Waals surface area contributed by atoms with E-state index < -0.39 is 29.1 Å². The van der Waals surface area contributed by atoms with Crippen molar-refractivity contribution in [2.24, 2.45) is 5.73 Å². The van der Waals surface area contributed by atoms with Gasteiger partial charge in [0.05, 0.1) is 5.56 Å². The van der Waals surface area contributed by atoms with Crippen LogP contribution in [0, 0.1) is 18.7 Å². The molecule has 2 aromatic rings. The molecule has 0 atom stereocenters. The van der Waals surface area contributed by atoms with E-state index in [1.165, 1.54) is 18.2 Å². The second-order valence-electron chi connectivity index (χ2n) is 4.31. The van der Waals surface area contributed by atoms with Gasteiger partial charge < -0.3 is 11.1 Å². The predicted octanol–water partition coefficient (Wildman–Crippen LogP) is 2.02. The van der Waals surface area contributed by atoms with Crippen molar-refractivity contribution in [3.63, 3.8) is 0 Å². The number of aromatic nitrogens is 1. The molecule has 21 heavy (non-hydrogen) atoms. The van der Waals surface area contributed by atoms with Gasteiger partial charge in [-0.15, -0.1) is 0 Å². The van der Waals surface area contributed by atoms with Crippen LogP contribution in [-0.2, 0) is 0 Å². The molecule has 0 spiro atoms. The molecule has 0 aliphatic heterocycles. The number of benzene rings is 1. The highest BCUT2D eigenvalue weighted by atomic mass is 19.2. The lowest BCUT2D eigenvalue weighted by atomic mass is 10.1. The highest BCUT2D eigenvalue weighted by molar-refractivity contribution is 6.05. The van der Waals surface area contributed by atoms with Gasteiger partial charge in [0, 0.05) is 17.4 Å². The lowest BCUT2D eigenvalue weighted by Gasteiger charge is -2.10. The first kappa shape index (κ1) is 14.6. The fourth-order valence-electron chi connectivity index (χ4n) is 1.74. The molecule has 7 heteroatoms. The third-order valence-electron chi connectivity index (χ3n) is 2.85. The number of anilines is 1. The summed E-state index contributed by atoms with van der Waals surface area (Å²) in [5, 5.41) is 2.44. The maximum atomic E-state index is 13.5. The molecule has 3 N–H and O–H groups in total. The van der Waals surface area contributed by atoms with Crippen molar-refractivity contribution in [3.05, 3.63) is 58.9 Å². The molecule has 0 aliphatic rings. The second-order valence-corrected chi connectivity index (χ2v) is 4.31. The van der Waals surface area contributed by atoms with E-state index in [0.717, 1.165) is 12.3 Å². The number of primary amides is 1. The van der Waals surface area contributed by atoms with Crippen molar-refractivity contribution >= 4 is 17.5 Å². The summed E-state index contributed by atoms with van der Waals surface area (Å²) < 4.78 is 26.4. The van der Waals surface area contributed by atoms with E-state index in [-0.39, 0.29) is 5.56 Å². The molecule has 2 rings (SSSR count). The first-order chi connectivity index (χ1) is 9.90. The summed E-state index contributed by atoms with van der Waals surface area (Å²) >= 11 is 0. The van der Waals surface area contributed by atoms with Gasteiger partial charge in [0.1, 0.15) is 0 Å². The number of hydrogen-bond donors (Lipinski definition) is 2. The lowest BCUT2D eigenvalue weighted by molar-refractivity contribution is 0.0997. The normalized spacial score (nSPS) is 10.2. The summed E-state index contributed by atoms with van der Waals surface area (Å²) in [6.45, 7) is 1.64. The Bertz CT molecular complexity index is 732. The van der Waals surface area contributed by atoms with Crippen LogP contribution in [-0.4, -0.2) is 16.8 Å². The number of carbonyl (C=O) groups is 2. The van der Waals surface area contributed by atoms with Crippen molar-refractivity contribution in [2.75, 3.05) is 5.32 Å². The van der Waals surface area contributed by atoms with Crippen LogP contribution in [0.3, 0.4) is 0 Å². The van der Waals surface area contributed by atoms with Crippen LogP contribution in [0.2, 0.25) is 0 Å². The van der Waals surface area contributed by atoms with Gasteiger partial charge in [0.15, 0.2) is 5.82 Å². The highest BCUT2D eigenvalue weighted by Crippen LogP contribution is 2.18. The summed E-state index contributed by atoms with van der Waals surface area (Å²) in [7, 11) is 0. The average molecular weight is 291 g/mol. The number of carbonyl (C=O) groups excluding carboxylic acids is 2. The van der Waals surface area contributed by atoms with Gasteiger partial charge in [-0.1, -0.05) is 0 Å². The summed E-state index contributed by atoms with van der Waals surface area (Å²) in [6.07, 6.45) is 0.996. The Balaban J connectivity index is 2.28. The zero-order valence-corrected chi connectivity index (χ0v) is 11.0. The zero-order valence-electron chi connectivity index (χ0n) is 11.0. The summed E-state index contributed by atoms with van der Waals surface area (Å²) in [6, 6.07) is 5.44. The minimum absolute atomic E-state index is 0.284. The smallest absolute Gasteiger partial charge is 0.258 e. The van der Waals surface area contributed by atoms with Gasteiger partial charge in [-0.3, -0.25) is 9.59 Å². The molecule has 0 saturated heterocycles. The highest BCUT2D eigenvalue weighted by Gasteiger charge is 2.17. The van der Waals surface area contributed by atoms with Gasteiger partial charge in [-0.05, 0) is 36.8 Å². The Labute approximate surface area is 118 Å². The predicted molar refractivity (Wildman–Crippen MR) is 71.8 cm³/mol. The Morgan fingerprint density at radius 3 is 2.57 bits per heavy atom. The minimum atomic E-state index is -1.34. The van der Waals surface area contributed by atoms with E-state index in [1.54, 1.807) is 6.92 Å². The summed E-state index contributed by atoms with van der Waals surface area (Å²) in [5.74, 6) is -4.08. The Morgan fingerprint density at radius 2 is 1.95 bits per heavy atom. The number of pyridine rings is 1. The molecule has 1 heterocycles. The minimum Gasteiger partial charge on any atom is -0.366 e. The summed E-state index contributed by atoms with van der Waals surface area (Å²) in [4.78, 5) is 26.1. The Morgan fingerprint density at radius 1 is 1.24 bits per heavy atom. The largest absolute Gasteiger partial charge is 0.366 e. The summed E-state index contributed by atoms with van der Waals surface area (Å²) in [5.41, 5.74) is 5.89. The fraction of sp³-hybridized carbons (Fsp3) is 0.0714. The number of nitrogens with one attached hydrogen (secondary N) is 1. The number of rotatable bonds is 3. The average Bonchev–Trinajstić information content (AvgIpc) is 2.43. The monoisotopic (exact) mass is 291 g/mol. The molecule has 1 aromatic carbocycles. The van der Waals surface area contributed by atoms with Gasteiger partial charge in [-0.2, -0.15) is 4.39 Å². The molecular weight excluding hydrogens is 280 g/mol. The molecule has 0 radical (unpaired) electrons. The van der Waals surface area contributed by atoms with E-state index in [4.69, 9.17) is 5.73 Å². The standard InChI is InChI=1S/C14H11F2N3O2/c1-7-6-8(13(17)20)2-3-10(7)19-14(21)9-4-5-18-12(16)11(9)15/h2-6H,1H3,(H2,17,20)(H,19,21). The van der Waals surface area contributed by atoms with Crippen LogP contribution < -0.4 is 11.1 Å². The quantitative estimate of drug-likeness (QED) is 0.848. The molecule has 5 nitrogen and oxygen atoms in total. The number of aryl methyl sites for hydroxylation is 1. The van der Waals surface area contributed by atoms with Gasteiger partial charge >= 0.3 is 0 Å². The Hall–Kier alpha value is -2.83. The van der Waals surface area contributed by atoms with Crippen molar-refractivity contribution in [3.8, 4) is 0 Å². The molecule has 1 aromatic heterocycles. The van der Waals surface area contributed by atoms with Gasteiger partial charge in [0.2, 0.25) is 11.9 Å². The van der Waals surface area contributed by atoms with Crippen molar-refractivity contribution < 1.29 is 18.4 Å². The molecule has 0 saturated carbocycles. The topological polar surface area (TPSA) is 85.1 Å². The molecular formula is C14H11F2N3O2.